The summed E-state index contributed by atoms with van der Waals surface area (Å²) in [5.74, 6) is 1.05. The monoisotopic (exact) mass is 340 g/mol. The Kier molecular flexibility index (Phi) is 3.09. The third-order valence-electron chi connectivity index (χ3n) is 5.09. The lowest BCUT2D eigenvalue weighted by atomic mass is 9.87. The maximum absolute atomic E-state index is 14.6. The van der Waals surface area contributed by atoms with E-state index in [0.717, 1.165) is 31.0 Å². The van der Waals surface area contributed by atoms with Gasteiger partial charge in [0.15, 0.2) is 17.3 Å². The second kappa shape index (κ2) is 5.33. The lowest BCUT2D eigenvalue weighted by Crippen LogP contribution is -2.69. The molecule has 3 aliphatic heterocycles. The summed E-state index contributed by atoms with van der Waals surface area (Å²) in [5.41, 5.74) is 1.20. The molecule has 0 radical (unpaired) electrons. The Morgan fingerprint density at radius 1 is 1.20 bits per heavy atom. The normalized spacial score (nSPS) is 22.3. The van der Waals surface area contributed by atoms with Gasteiger partial charge in [0.2, 0.25) is 0 Å². The van der Waals surface area contributed by atoms with Crippen LogP contribution in [-0.2, 0) is 6.42 Å². The van der Waals surface area contributed by atoms with E-state index in [2.05, 4.69) is 35.1 Å². The predicted octanol–water partition coefficient (Wildman–Crippen LogP) is 1.08. The second-order valence-corrected chi connectivity index (χ2v) is 6.49. The van der Waals surface area contributed by atoms with E-state index in [4.69, 9.17) is 0 Å². The molecule has 8 nitrogen and oxygen atoms in total. The summed E-state index contributed by atoms with van der Waals surface area (Å²) in [7, 11) is 0. The first-order valence-electron chi connectivity index (χ1n) is 8.44. The predicted molar refractivity (Wildman–Crippen MR) is 89.0 cm³/mol. The number of nitrogens with zero attached hydrogens (tertiary/aromatic N) is 8. The van der Waals surface area contributed by atoms with Crippen LogP contribution >= 0.6 is 0 Å². The van der Waals surface area contributed by atoms with E-state index in [0.29, 0.717) is 17.9 Å². The third kappa shape index (κ3) is 2.15. The van der Waals surface area contributed by atoms with Gasteiger partial charge in [-0.3, -0.25) is 0 Å². The van der Waals surface area contributed by atoms with Gasteiger partial charge in [-0.1, -0.05) is 6.92 Å². The molecule has 3 fully saturated rings. The van der Waals surface area contributed by atoms with Crippen LogP contribution in [0.4, 0.5) is 16.0 Å². The van der Waals surface area contributed by atoms with Crippen LogP contribution in [0.1, 0.15) is 19.0 Å². The van der Waals surface area contributed by atoms with Crippen molar-refractivity contribution in [3.8, 4) is 0 Å². The average Bonchev–Trinajstić information content (AvgIpc) is 3.11. The third-order valence-corrected chi connectivity index (χ3v) is 5.09. The average molecular weight is 340 g/mol. The molecule has 2 atom stereocenters. The van der Waals surface area contributed by atoms with E-state index in [-0.39, 0.29) is 17.9 Å². The number of aromatic nitrogens is 6. The number of hydrogen-bond donors (Lipinski definition) is 0. The summed E-state index contributed by atoms with van der Waals surface area (Å²) >= 11 is 0. The van der Waals surface area contributed by atoms with Crippen molar-refractivity contribution in [2.45, 2.75) is 31.8 Å². The van der Waals surface area contributed by atoms with E-state index in [1.807, 2.05) is 19.1 Å². The quantitative estimate of drug-likeness (QED) is 0.706. The van der Waals surface area contributed by atoms with Gasteiger partial charge in [-0.05, 0) is 25.0 Å². The molecule has 0 saturated carbocycles. The van der Waals surface area contributed by atoms with Gasteiger partial charge in [0, 0.05) is 13.1 Å². The van der Waals surface area contributed by atoms with Crippen molar-refractivity contribution in [1.29, 1.82) is 0 Å². The minimum absolute atomic E-state index is 0.242. The number of fused-ring (bicyclic) bond motifs is 3. The highest BCUT2D eigenvalue weighted by molar-refractivity contribution is 5.54. The molecule has 2 bridgehead atoms. The summed E-state index contributed by atoms with van der Waals surface area (Å²) < 4.78 is 16.3. The van der Waals surface area contributed by atoms with Crippen LogP contribution in [0.5, 0.6) is 0 Å². The minimum Gasteiger partial charge on any atom is -0.351 e. The lowest BCUT2D eigenvalue weighted by Gasteiger charge is -2.57. The summed E-state index contributed by atoms with van der Waals surface area (Å²) in [6, 6.07) is 4.35. The van der Waals surface area contributed by atoms with Crippen LogP contribution in [0.25, 0.3) is 5.65 Å². The molecule has 25 heavy (non-hydrogen) atoms. The van der Waals surface area contributed by atoms with Crippen molar-refractivity contribution < 1.29 is 4.39 Å². The molecule has 0 amide bonds. The fourth-order valence-electron chi connectivity index (χ4n) is 3.85. The van der Waals surface area contributed by atoms with Gasteiger partial charge in [-0.15, -0.1) is 15.3 Å². The molecule has 9 heteroatoms. The topological polar surface area (TPSA) is 75.3 Å². The molecular formula is C16H17FN8. The van der Waals surface area contributed by atoms with Gasteiger partial charge in [-0.25, -0.2) is 14.4 Å². The van der Waals surface area contributed by atoms with Crippen LogP contribution in [0.3, 0.4) is 0 Å². The van der Waals surface area contributed by atoms with Crippen LogP contribution in [0.15, 0.2) is 24.8 Å². The number of aryl methyl sites for hydroxylation is 1. The molecule has 3 aliphatic rings. The van der Waals surface area contributed by atoms with E-state index in [1.165, 1.54) is 6.33 Å². The van der Waals surface area contributed by atoms with E-state index >= 15 is 0 Å². The molecule has 128 valence electrons. The van der Waals surface area contributed by atoms with Crippen molar-refractivity contribution in [3.63, 3.8) is 0 Å². The summed E-state index contributed by atoms with van der Waals surface area (Å²) in [6.45, 7) is 3.49. The first-order valence-corrected chi connectivity index (χ1v) is 8.44. The zero-order valence-electron chi connectivity index (χ0n) is 13.7. The van der Waals surface area contributed by atoms with E-state index in [9.17, 15) is 4.39 Å². The maximum atomic E-state index is 14.6. The molecular weight excluding hydrogens is 323 g/mol. The first-order chi connectivity index (χ1) is 12.2. The molecule has 0 aromatic carbocycles. The highest BCUT2D eigenvalue weighted by atomic mass is 19.1. The smallest absolute Gasteiger partial charge is 0.187 e. The Morgan fingerprint density at radius 3 is 2.84 bits per heavy atom. The minimum atomic E-state index is -0.280. The number of rotatable bonds is 3. The van der Waals surface area contributed by atoms with Gasteiger partial charge in [0.1, 0.15) is 18.5 Å². The first kappa shape index (κ1) is 14.5. The fraction of sp³-hybridized carbons (Fsp3) is 0.438. The molecule has 3 aromatic heterocycles. The van der Waals surface area contributed by atoms with E-state index < -0.39 is 0 Å². The van der Waals surface area contributed by atoms with Crippen molar-refractivity contribution in [1.82, 2.24) is 29.8 Å². The number of halogens is 1. The second-order valence-electron chi connectivity index (χ2n) is 6.49. The molecule has 0 aliphatic carbocycles. The highest BCUT2D eigenvalue weighted by Gasteiger charge is 2.46. The van der Waals surface area contributed by atoms with Crippen molar-refractivity contribution >= 4 is 17.3 Å². The molecule has 6 heterocycles. The Bertz CT molecular complexity index is 929. The van der Waals surface area contributed by atoms with Gasteiger partial charge in [0.05, 0.1) is 17.8 Å². The SMILES string of the molecule is CCc1ncnc(N2C3CC2CN(c2ccc4nncn4n2)C3)c1F. The summed E-state index contributed by atoms with van der Waals surface area (Å²) in [5, 5.41) is 12.4. The molecule has 3 saturated heterocycles. The van der Waals surface area contributed by atoms with Crippen molar-refractivity contribution in [3.05, 3.63) is 36.3 Å². The Balaban J connectivity index is 1.40. The zero-order chi connectivity index (χ0) is 17.0. The van der Waals surface area contributed by atoms with Crippen LogP contribution < -0.4 is 9.80 Å². The van der Waals surface area contributed by atoms with E-state index in [1.54, 1.807) is 10.8 Å². The molecule has 6 rings (SSSR count). The Morgan fingerprint density at radius 2 is 2.04 bits per heavy atom. The molecule has 3 aromatic rings. The molecule has 0 N–H and O–H groups in total. The maximum Gasteiger partial charge on any atom is 0.187 e. The largest absolute Gasteiger partial charge is 0.351 e. The number of piperidine rings is 1. The number of piperazine rings is 1. The lowest BCUT2D eigenvalue weighted by molar-refractivity contribution is 0.283. The fourth-order valence-corrected chi connectivity index (χ4v) is 3.85. The Labute approximate surface area is 143 Å². The van der Waals surface area contributed by atoms with Gasteiger partial charge in [0.25, 0.3) is 0 Å². The highest BCUT2D eigenvalue weighted by Crippen LogP contribution is 2.38. The summed E-state index contributed by atoms with van der Waals surface area (Å²) in [4.78, 5) is 12.6. The molecule has 0 spiro atoms. The number of hydrogen-bond acceptors (Lipinski definition) is 7. The Hall–Kier alpha value is -2.84. The van der Waals surface area contributed by atoms with Crippen molar-refractivity contribution in [2.24, 2.45) is 0 Å². The van der Waals surface area contributed by atoms with Gasteiger partial charge >= 0.3 is 0 Å². The van der Waals surface area contributed by atoms with Crippen molar-refractivity contribution in [2.75, 3.05) is 22.9 Å². The van der Waals surface area contributed by atoms with Crippen LogP contribution in [-0.4, -0.2) is 55.0 Å². The van der Waals surface area contributed by atoms with Crippen LogP contribution in [0, 0.1) is 5.82 Å². The van der Waals surface area contributed by atoms with Gasteiger partial charge < -0.3 is 9.80 Å². The zero-order valence-corrected chi connectivity index (χ0v) is 13.7. The van der Waals surface area contributed by atoms with Gasteiger partial charge in [-0.2, -0.15) is 4.52 Å². The molecule has 2 unspecified atom stereocenters. The summed E-state index contributed by atoms with van der Waals surface area (Å²) in [6.07, 6.45) is 4.68. The van der Waals surface area contributed by atoms with Crippen LogP contribution in [0.2, 0.25) is 0 Å². The number of anilines is 2. The standard InChI is InChI=1S/C16H17FN8/c1-2-12-15(17)16(19-8-18-12)25-10-5-11(25)7-23(6-10)14-4-3-13-21-20-9-24(13)22-14/h3-4,8-11H,2,5-7H2,1H3.